The lowest BCUT2D eigenvalue weighted by Gasteiger charge is -2.14. The van der Waals surface area contributed by atoms with E-state index in [9.17, 15) is 0 Å². The topological polar surface area (TPSA) is 47.0 Å². The second-order valence-corrected chi connectivity index (χ2v) is 5.71. The van der Waals surface area contributed by atoms with Gasteiger partial charge in [0.25, 0.3) is 0 Å². The molecule has 0 bridgehead atoms. The van der Waals surface area contributed by atoms with Gasteiger partial charge in [-0.1, -0.05) is 0 Å². The van der Waals surface area contributed by atoms with Gasteiger partial charge in [0, 0.05) is 15.8 Å². The molecule has 1 atom stereocenters. The van der Waals surface area contributed by atoms with E-state index < -0.39 is 0 Å². The summed E-state index contributed by atoms with van der Waals surface area (Å²) in [4.78, 5) is 11.2. The Bertz CT molecular complexity index is 553. The first kappa shape index (κ1) is 13.8. The highest BCUT2D eigenvalue weighted by Gasteiger charge is 2.10. The van der Waals surface area contributed by atoms with Crippen molar-refractivity contribution in [1.82, 2.24) is 9.97 Å². The third-order valence-electron chi connectivity index (χ3n) is 2.66. The molecule has 0 aliphatic rings. The number of hydrogen-bond acceptors (Lipinski definition) is 5. The predicted octanol–water partition coefficient (Wildman–Crippen LogP) is 3.73. The maximum Gasteiger partial charge on any atom is 0.218 e. The number of nitrogens with one attached hydrogen (secondary N) is 1. The van der Waals surface area contributed by atoms with Crippen LogP contribution in [0.2, 0.25) is 0 Å². The molecular weight excluding hydrogens is 258 g/mol. The molecule has 19 heavy (non-hydrogen) atoms. The molecule has 2 rings (SSSR count). The highest BCUT2D eigenvalue weighted by atomic mass is 32.1. The van der Waals surface area contributed by atoms with Crippen LogP contribution in [-0.4, -0.2) is 16.6 Å². The Morgan fingerprint density at radius 3 is 2.74 bits per heavy atom. The fraction of sp³-hybridized carbons (Fsp3) is 0.429. The number of rotatable bonds is 5. The Kier molecular flexibility index (Phi) is 4.37. The van der Waals surface area contributed by atoms with Crippen LogP contribution >= 0.6 is 11.3 Å². The molecule has 5 heteroatoms. The summed E-state index contributed by atoms with van der Waals surface area (Å²) in [5.41, 5.74) is 0. The molecule has 0 fully saturated rings. The van der Waals surface area contributed by atoms with Crippen molar-refractivity contribution in [3.63, 3.8) is 0 Å². The van der Waals surface area contributed by atoms with Crippen molar-refractivity contribution >= 4 is 17.2 Å². The van der Waals surface area contributed by atoms with Crippen molar-refractivity contribution < 1.29 is 4.74 Å². The van der Waals surface area contributed by atoms with Gasteiger partial charge in [-0.25, -0.2) is 4.98 Å². The second kappa shape index (κ2) is 6.02. The molecule has 0 aliphatic heterocycles. The van der Waals surface area contributed by atoms with E-state index in [4.69, 9.17) is 4.74 Å². The van der Waals surface area contributed by atoms with E-state index in [0.29, 0.717) is 18.3 Å². The summed E-state index contributed by atoms with van der Waals surface area (Å²) in [5, 5.41) is 3.39. The Morgan fingerprint density at radius 2 is 2.11 bits per heavy atom. The average molecular weight is 277 g/mol. The molecule has 0 spiro atoms. The zero-order valence-electron chi connectivity index (χ0n) is 11.7. The molecule has 0 amide bonds. The van der Waals surface area contributed by atoms with Gasteiger partial charge >= 0.3 is 0 Å². The average Bonchev–Trinajstić information content (AvgIpc) is 2.75. The van der Waals surface area contributed by atoms with Gasteiger partial charge in [-0.3, -0.25) is 0 Å². The minimum atomic E-state index is 0.225. The van der Waals surface area contributed by atoms with Gasteiger partial charge in [-0.2, -0.15) is 4.98 Å². The van der Waals surface area contributed by atoms with E-state index in [-0.39, 0.29) is 6.04 Å². The first-order chi connectivity index (χ1) is 9.08. The van der Waals surface area contributed by atoms with Crippen LogP contribution in [0, 0.1) is 13.8 Å². The molecule has 1 N–H and O–H groups in total. The molecule has 4 nitrogen and oxygen atoms in total. The number of thiophene rings is 1. The monoisotopic (exact) mass is 277 g/mol. The summed E-state index contributed by atoms with van der Waals surface area (Å²) >= 11 is 1.80. The van der Waals surface area contributed by atoms with Crippen molar-refractivity contribution in [3.05, 3.63) is 33.8 Å². The zero-order chi connectivity index (χ0) is 13.8. The van der Waals surface area contributed by atoms with Gasteiger partial charge in [-0.05, 0) is 39.8 Å². The molecule has 0 radical (unpaired) electrons. The molecule has 2 aromatic heterocycles. The van der Waals surface area contributed by atoms with Crippen LogP contribution in [0.4, 0.5) is 5.82 Å². The summed E-state index contributed by atoms with van der Waals surface area (Å²) in [6, 6.07) is 6.35. The molecule has 2 aromatic rings. The minimum absolute atomic E-state index is 0.225. The number of aryl methyl sites for hydroxylation is 2. The summed E-state index contributed by atoms with van der Waals surface area (Å²) in [5.74, 6) is 2.13. The van der Waals surface area contributed by atoms with Crippen molar-refractivity contribution in [2.45, 2.75) is 33.7 Å². The Balaban J connectivity index is 2.14. The molecule has 0 aliphatic carbocycles. The summed E-state index contributed by atoms with van der Waals surface area (Å²) in [6.07, 6.45) is 0. The standard InChI is InChI=1S/C14H19N3OS/c1-5-18-14-8-13(16-11(4)17-14)15-10(3)12-7-6-9(2)19-12/h6-8,10H,5H2,1-4H3,(H,15,16,17). The second-order valence-electron chi connectivity index (χ2n) is 4.39. The van der Waals surface area contributed by atoms with Gasteiger partial charge < -0.3 is 10.1 Å². The fourth-order valence-corrected chi connectivity index (χ4v) is 2.69. The molecule has 0 saturated heterocycles. The third-order valence-corrected chi connectivity index (χ3v) is 3.84. The van der Waals surface area contributed by atoms with Crippen molar-refractivity contribution in [2.24, 2.45) is 0 Å². The minimum Gasteiger partial charge on any atom is -0.478 e. The van der Waals surface area contributed by atoms with E-state index in [1.54, 1.807) is 11.3 Å². The lowest BCUT2D eigenvalue weighted by Crippen LogP contribution is -2.08. The van der Waals surface area contributed by atoms with Crippen LogP contribution in [0.5, 0.6) is 5.88 Å². The highest BCUT2D eigenvalue weighted by Crippen LogP contribution is 2.26. The molecule has 1 unspecified atom stereocenters. The van der Waals surface area contributed by atoms with Gasteiger partial charge in [-0.15, -0.1) is 11.3 Å². The maximum atomic E-state index is 5.43. The SMILES string of the molecule is CCOc1cc(NC(C)c2ccc(C)s2)nc(C)n1. The quantitative estimate of drug-likeness (QED) is 0.904. The van der Waals surface area contributed by atoms with E-state index in [2.05, 4.69) is 41.3 Å². The van der Waals surface area contributed by atoms with E-state index in [1.807, 2.05) is 19.9 Å². The Morgan fingerprint density at radius 1 is 1.32 bits per heavy atom. The molecular formula is C14H19N3OS. The van der Waals surface area contributed by atoms with Crippen LogP contribution in [0.25, 0.3) is 0 Å². The number of aromatic nitrogens is 2. The van der Waals surface area contributed by atoms with Crippen molar-refractivity contribution in [3.8, 4) is 5.88 Å². The zero-order valence-corrected chi connectivity index (χ0v) is 12.5. The van der Waals surface area contributed by atoms with Crippen molar-refractivity contribution in [2.75, 3.05) is 11.9 Å². The Hall–Kier alpha value is -1.62. The molecule has 0 aromatic carbocycles. The van der Waals surface area contributed by atoms with Crippen LogP contribution in [0.3, 0.4) is 0 Å². The molecule has 2 heterocycles. The lowest BCUT2D eigenvalue weighted by atomic mass is 10.2. The first-order valence-electron chi connectivity index (χ1n) is 6.40. The van der Waals surface area contributed by atoms with Crippen LogP contribution < -0.4 is 10.1 Å². The largest absolute Gasteiger partial charge is 0.478 e. The summed E-state index contributed by atoms with van der Waals surface area (Å²) < 4.78 is 5.43. The summed E-state index contributed by atoms with van der Waals surface area (Å²) in [7, 11) is 0. The fourth-order valence-electron chi connectivity index (χ4n) is 1.82. The van der Waals surface area contributed by atoms with Crippen LogP contribution in [-0.2, 0) is 0 Å². The van der Waals surface area contributed by atoms with Gasteiger partial charge in [0.15, 0.2) is 0 Å². The van der Waals surface area contributed by atoms with E-state index >= 15 is 0 Å². The molecule has 102 valence electrons. The first-order valence-corrected chi connectivity index (χ1v) is 7.21. The van der Waals surface area contributed by atoms with Crippen LogP contribution in [0.15, 0.2) is 18.2 Å². The predicted molar refractivity (Wildman–Crippen MR) is 79.0 cm³/mol. The van der Waals surface area contributed by atoms with Crippen LogP contribution in [0.1, 0.15) is 35.5 Å². The smallest absolute Gasteiger partial charge is 0.218 e. The number of hydrogen-bond donors (Lipinski definition) is 1. The number of nitrogens with zero attached hydrogens (tertiary/aromatic N) is 2. The van der Waals surface area contributed by atoms with E-state index in [1.165, 1.54) is 9.75 Å². The normalized spacial score (nSPS) is 12.2. The van der Waals surface area contributed by atoms with Gasteiger partial charge in [0.05, 0.1) is 12.6 Å². The third kappa shape index (κ3) is 3.67. The number of anilines is 1. The maximum absolute atomic E-state index is 5.43. The van der Waals surface area contributed by atoms with Gasteiger partial charge in [0.2, 0.25) is 5.88 Å². The number of ether oxygens (including phenoxy) is 1. The molecule has 0 saturated carbocycles. The summed E-state index contributed by atoms with van der Waals surface area (Å²) in [6.45, 7) is 8.66. The lowest BCUT2D eigenvalue weighted by molar-refractivity contribution is 0.325. The Labute approximate surface area is 117 Å². The van der Waals surface area contributed by atoms with Crippen molar-refractivity contribution in [1.29, 1.82) is 0 Å². The highest BCUT2D eigenvalue weighted by molar-refractivity contribution is 7.12. The van der Waals surface area contributed by atoms with E-state index in [0.717, 1.165) is 5.82 Å². The van der Waals surface area contributed by atoms with Gasteiger partial charge in [0.1, 0.15) is 11.6 Å².